The summed E-state index contributed by atoms with van der Waals surface area (Å²) >= 11 is 0. The molecule has 0 spiro atoms. The van der Waals surface area contributed by atoms with Crippen molar-refractivity contribution in [2.75, 3.05) is 24.7 Å². The number of rotatable bonds is 14. The molecule has 0 radical (unpaired) electrons. The summed E-state index contributed by atoms with van der Waals surface area (Å²) in [5.41, 5.74) is -1.75. The molecule has 4 saturated carbocycles. The first kappa shape index (κ1) is 43.8. The maximum Gasteiger partial charge on any atom is 0.422 e. The second-order valence-electron chi connectivity index (χ2n) is 14.2. The van der Waals surface area contributed by atoms with Crippen LogP contribution in [0.5, 0.6) is 17.8 Å². The lowest BCUT2D eigenvalue weighted by atomic mass is 9.52. The van der Waals surface area contributed by atoms with Gasteiger partial charge in [0.1, 0.15) is 0 Å². The van der Waals surface area contributed by atoms with E-state index in [0.717, 1.165) is 4.90 Å². The molecular weight excluding hydrogens is 855 g/mol. The van der Waals surface area contributed by atoms with Crippen LogP contribution in [0.25, 0.3) is 0 Å². The van der Waals surface area contributed by atoms with Gasteiger partial charge in [0.15, 0.2) is 25.6 Å². The molecule has 4 fully saturated rings. The van der Waals surface area contributed by atoms with Gasteiger partial charge < -0.3 is 19.1 Å². The average molecular weight is 881 g/mol. The van der Waals surface area contributed by atoms with Crippen LogP contribution < -0.4 is 19.1 Å². The van der Waals surface area contributed by atoms with Gasteiger partial charge in [-0.2, -0.15) is 84.6 Å². The predicted octanol–water partition coefficient (Wildman–Crippen LogP) is 8.54. The Kier molecular flexibility index (Phi) is 10.9. The maximum atomic E-state index is 15.4. The van der Waals surface area contributed by atoms with Crippen LogP contribution in [0.4, 0.5) is 86.3 Å². The Hall–Kier alpha value is -4.82. The van der Waals surface area contributed by atoms with E-state index in [-0.39, 0.29) is 49.4 Å². The molecular formula is C31H25F17N8O3. The van der Waals surface area contributed by atoms with Gasteiger partial charge in [-0.3, -0.25) is 0 Å². The van der Waals surface area contributed by atoms with Crippen molar-refractivity contribution in [2.24, 2.45) is 17.8 Å². The van der Waals surface area contributed by atoms with Crippen molar-refractivity contribution >= 4 is 11.6 Å². The lowest BCUT2D eigenvalue weighted by Gasteiger charge is -2.60. The first-order valence-electron chi connectivity index (χ1n) is 16.8. The van der Waals surface area contributed by atoms with Gasteiger partial charge in [0.25, 0.3) is 0 Å². The number of halogens is 17. The molecule has 0 saturated heterocycles. The van der Waals surface area contributed by atoms with Crippen LogP contribution in [0.1, 0.15) is 50.2 Å². The molecule has 0 N–H and O–H groups in total. The number of hydrogen-bond donors (Lipinski definition) is 0. The highest BCUT2D eigenvalue weighted by Crippen LogP contribution is 2.61. The second kappa shape index (κ2) is 14.7. The molecule has 4 aliphatic carbocycles. The van der Waals surface area contributed by atoms with Gasteiger partial charge in [-0.15, -0.1) is 4.98 Å². The SMILES string of the molecule is FC(F)(F)COc1cnc(C(F)(F)C(F)(F)C(F)(F)C(F)(F)c2ncc(N(c3nc(OCC(F)(F)F)nc(OCC(F)(F)F)n3)C34CC5CC(CC(C5)C3)C4)cn2)nc1. The van der Waals surface area contributed by atoms with Gasteiger partial charge in [0, 0.05) is 5.54 Å². The molecule has 0 atom stereocenters. The summed E-state index contributed by atoms with van der Waals surface area (Å²) in [5, 5.41) is 0. The normalized spacial score (nSPS) is 22.7. The van der Waals surface area contributed by atoms with Crippen LogP contribution in [0.3, 0.4) is 0 Å². The van der Waals surface area contributed by atoms with Crippen LogP contribution in [-0.4, -0.2) is 90.6 Å². The van der Waals surface area contributed by atoms with Crippen LogP contribution in [0, 0.1) is 17.8 Å². The molecule has 0 unspecified atom stereocenters. The second-order valence-corrected chi connectivity index (χ2v) is 14.2. The minimum atomic E-state index is -7.08. The Morgan fingerprint density at radius 3 is 1.24 bits per heavy atom. The fourth-order valence-corrected chi connectivity index (χ4v) is 7.78. The summed E-state index contributed by atoms with van der Waals surface area (Å²) in [4.78, 5) is 23.2. The van der Waals surface area contributed by atoms with Crippen molar-refractivity contribution in [3.63, 3.8) is 0 Å². The molecule has 3 aromatic rings. The van der Waals surface area contributed by atoms with Crippen molar-refractivity contribution in [1.82, 2.24) is 34.9 Å². The Morgan fingerprint density at radius 2 is 0.864 bits per heavy atom. The van der Waals surface area contributed by atoms with E-state index in [4.69, 9.17) is 0 Å². The average Bonchev–Trinajstić information content (AvgIpc) is 3.11. The van der Waals surface area contributed by atoms with Crippen molar-refractivity contribution < 1.29 is 88.8 Å². The van der Waals surface area contributed by atoms with E-state index < -0.39 is 109 Å². The molecule has 0 amide bonds. The molecule has 3 aromatic heterocycles. The largest absolute Gasteiger partial charge is 0.481 e. The Morgan fingerprint density at radius 1 is 0.508 bits per heavy atom. The zero-order valence-corrected chi connectivity index (χ0v) is 29.1. The highest BCUT2D eigenvalue weighted by atomic mass is 19.4. The smallest absolute Gasteiger partial charge is 0.422 e. The molecule has 4 aliphatic rings. The first-order valence-corrected chi connectivity index (χ1v) is 16.8. The van der Waals surface area contributed by atoms with Crippen LogP contribution in [-0.2, 0) is 11.8 Å². The van der Waals surface area contributed by atoms with Crippen molar-refractivity contribution in [2.45, 2.75) is 86.3 Å². The molecule has 7 rings (SSSR count). The van der Waals surface area contributed by atoms with E-state index >= 15 is 17.6 Å². The summed E-state index contributed by atoms with van der Waals surface area (Å²) in [6, 6.07) is -2.45. The number of anilines is 2. The van der Waals surface area contributed by atoms with E-state index in [1.807, 2.05) is 0 Å². The van der Waals surface area contributed by atoms with Gasteiger partial charge in [-0.05, 0) is 56.3 Å². The quantitative estimate of drug-likeness (QED) is 0.145. The Balaban J connectivity index is 1.36. The zero-order chi connectivity index (χ0) is 43.6. The van der Waals surface area contributed by atoms with E-state index in [2.05, 4.69) is 49.1 Å². The van der Waals surface area contributed by atoms with Gasteiger partial charge in [-0.1, -0.05) is 0 Å². The predicted molar refractivity (Wildman–Crippen MR) is 159 cm³/mol. The van der Waals surface area contributed by atoms with Crippen LogP contribution in [0.15, 0.2) is 24.8 Å². The van der Waals surface area contributed by atoms with E-state index in [1.165, 1.54) is 0 Å². The fourth-order valence-electron chi connectivity index (χ4n) is 7.78. The minimum absolute atomic E-state index is 0.0211. The van der Waals surface area contributed by atoms with Crippen molar-refractivity contribution in [3.8, 4) is 17.8 Å². The minimum Gasteiger partial charge on any atom is -0.481 e. The highest BCUT2D eigenvalue weighted by Gasteiger charge is 2.83. The van der Waals surface area contributed by atoms with Gasteiger partial charge >= 0.3 is 54.2 Å². The van der Waals surface area contributed by atoms with E-state index in [9.17, 15) is 57.1 Å². The first-order chi connectivity index (χ1) is 27.0. The van der Waals surface area contributed by atoms with Crippen molar-refractivity contribution in [1.29, 1.82) is 0 Å². The monoisotopic (exact) mass is 880 g/mol. The number of hydrogen-bond acceptors (Lipinski definition) is 11. The molecule has 0 aromatic carbocycles. The summed E-state index contributed by atoms with van der Waals surface area (Å²) in [6.45, 7) is -6.16. The summed E-state index contributed by atoms with van der Waals surface area (Å²) in [7, 11) is 0. The van der Waals surface area contributed by atoms with Gasteiger partial charge in [0.2, 0.25) is 17.6 Å². The number of ether oxygens (including phenoxy) is 3. The molecule has 3 heterocycles. The molecule has 326 valence electrons. The molecule has 0 aliphatic heterocycles. The molecule has 4 bridgehead atoms. The third-order valence-electron chi connectivity index (χ3n) is 9.66. The Labute approximate surface area is 318 Å². The van der Waals surface area contributed by atoms with Gasteiger partial charge in [-0.25, -0.2) is 19.9 Å². The number of alkyl halides is 17. The third-order valence-corrected chi connectivity index (χ3v) is 9.66. The zero-order valence-electron chi connectivity index (χ0n) is 29.1. The lowest BCUT2D eigenvalue weighted by Crippen LogP contribution is -2.60. The molecule has 28 heteroatoms. The van der Waals surface area contributed by atoms with Crippen LogP contribution >= 0.6 is 0 Å². The lowest BCUT2D eigenvalue weighted by molar-refractivity contribution is -0.377. The topological polar surface area (TPSA) is 121 Å². The van der Waals surface area contributed by atoms with Crippen molar-refractivity contribution in [3.05, 3.63) is 36.4 Å². The third kappa shape index (κ3) is 8.89. The molecule has 59 heavy (non-hydrogen) atoms. The van der Waals surface area contributed by atoms with E-state index in [1.54, 1.807) is 0 Å². The number of nitrogens with zero attached hydrogens (tertiary/aromatic N) is 8. The maximum absolute atomic E-state index is 15.4. The summed E-state index contributed by atoms with van der Waals surface area (Å²) in [5.74, 6) is -33.7. The molecule has 11 nitrogen and oxygen atoms in total. The number of aromatic nitrogens is 7. The standard InChI is InChI=1S/C31H25F17N8O3/c32-25(33,34)11-57-18-9-51-20(52-10-18)29(43,44)31(47,48)30(45,46)28(41,42)19-49-7-17(8-50-19)56(24-4-14-1-15(5-24)3-16(2-14)6-24)21-53-22(58-12-26(35,36)37)55-23(54-21)59-13-27(38,39)40/h7-10,14-16H,1-6,11-13H2. The van der Waals surface area contributed by atoms with Gasteiger partial charge in [0.05, 0.1) is 30.5 Å². The van der Waals surface area contributed by atoms with Crippen LogP contribution in [0.2, 0.25) is 0 Å². The Bertz CT molecular complexity index is 1890. The summed E-state index contributed by atoms with van der Waals surface area (Å²) < 4.78 is 249. The fraction of sp³-hybridized carbons (Fsp3) is 0.645. The summed E-state index contributed by atoms with van der Waals surface area (Å²) in [6.07, 6.45) is -11.6. The van der Waals surface area contributed by atoms with E-state index in [0.29, 0.717) is 31.7 Å². The highest BCUT2D eigenvalue weighted by molar-refractivity contribution is 5.59.